The average Bonchev–Trinajstić information content (AvgIpc) is 2.79. The number of ether oxygens (including phenoxy) is 1. The number of hydrogen-bond donors (Lipinski definition) is 1. The van der Waals surface area contributed by atoms with Gasteiger partial charge in [-0.05, 0) is 37.5 Å². The maximum Gasteiger partial charge on any atom is 0.224 e. The zero-order chi connectivity index (χ0) is 12.1. The van der Waals surface area contributed by atoms with E-state index in [1.807, 2.05) is 0 Å². The fraction of sp³-hybridized carbons (Fsp3) is 0.462. The van der Waals surface area contributed by atoms with Crippen LogP contribution in [0.5, 0.6) is 0 Å². The zero-order valence-electron chi connectivity index (χ0n) is 9.62. The first-order valence-electron chi connectivity index (χ1n) is 5.91. The van der Waals surface area contributed by atoms with E-state index in [0.717, 1.165) is 25.9 Å². The van der Waals surface area contributed by atoms with Crippen molar-refractivity contribution in [1.82, 2.24) is 0 Å². The molecule has 1 aliphatic heterocycles. The van der Waals surface area contributed by atoms with Crippen molar-refractivity contribution in [2.75, 3.05) is 11.9 Å². The van der Waals surface area contributed by atoms with Crippen molar-refractivity contribution >= 4 is 11.6 Å². The Morgan fingerprint density at radius 1 is 1.53 bits per heavy atom. The number of hydrogen-bond acceptors (Lipinski definition) is 2. The Hall–Kier alpha value is -1.42. The van der Waals surface area contributed by atoms with Crippen LogP contribution in [-0.2, 0) is 9.53 Å². The van der Waals surface area contributed by atoms with Crippen molar-refractivity contribution in [1.29, 1.82) is 0 Å². The molecule has 1 aliphatic rings. The van der Waals surface area contributed by atoms with Gasteiger partial charge in [0.25, 0.3) is 0 Å². The van der Waals surface area contributed by atoms with Crippen LogP contribution in [-0.4, -0.2) is 18.6 Å². The molecule has 1 aromatic rings. The molecule has 0 radical (unpaired) electrons. The highest BCUT2D eigenvalue weighted by Gasteiger charge is 2.16. The first kappa shape index (κ1) is 12.0. The van der Waals surface area contributed by atoms with Gasteiger partial charge in [0.1, 0.15) is 5.82 Å². The lowest BCUT2D eigenvalue weighted by Crippen LogP contribution is -2.15. The van der Waals surface area contributed by atoms with Crippen LogP contribution in [0.15, 0.2) is 24.3 Å². The summed E-state index contributed by atoms with van der Waals surface area (Å²) in [6, 6.07) is 5.91. The second kappa shape index (κ2) is 5.77. The Morgan fingerprint density at radius 3 is 3.12 bits per heavy atom. The van der Waals surface area contributed by atoms with Gasteiger partial charge < -0.3 is 10.1 Å². The van der Waals surface area contributed by atoms with E-state index in [1.165, 1.54) is 12.1 Å². The lowest BCUT2D eigenvalue weighted by Gasteiger charge is -2.09. The Labute approximate surface area is 100.0 Å². The number of amides is 1. The molecule has 0 saturated carbocycles. The molecule has 0 aliphatic carbocycles. The Morgan fingerprint density at radius 2 is 2.41 bits per heavy atom. The molecule has 1 N–H and O–H groups in total. The minimum Gasteiger partial charge on any atom is -0.378 e. The van der Waals surface area contributed by atoms with Crippen molar-refractivity contribution in [3.8, 4) is 0 Å². The van der Waals surface area contributed by atoms with Crippen molar-refractivity contribution in [2.24, 2.45) is 0 Å². The van der Waals surface area contributed by atoms with Gasteiger partial charge in [0.15, 0.2) is 0 Å². The Kier molecular flexibility index (Phi) is 4.09. The van der Waals surface area contributed by atoms with Crippen LogP contribution in [0.25, 0.3) is 0 Å². The predicted molar refractivity (Wildman–Crippen MR) is 63.2 cm³/mol. The van der Waals surface area contributed by atoms with Gasteiger partial charge in [-0.25, -0.2) is 4.39 Å². The highest BCUT2D eigenvalue weighted by atomic mass is 19.1. The van der Waals surface area contributed by atoms with E-state index in [0.29, 0.717) is 12.1 Å². The van der Waals surface area contributed by atoms with Gasteiger partial charge in [-0.3, -0.25) is 4.79 Å². The molecule has 1 amide bonds. The maximum atomic E-state index is 12.9. The fourth-order valence-electron chi connectivity index (χ4n) is 1.95. The van der Waals surface area contributed by atoms with Crippen molar-refractivity contribution < 1.29 is 13.9 Å². The van der Waals surface area contributed by atoms with E-state index in [-0.39, 0.29) is 17.8 Å². The Bertz CT molecular complexity index is 389. The summed E-state index contributed by atoms with van der Waals surface area (Å²) < 4.78 is 18.3. The molecule has 1 unspecified atom stereocenters. The van der Waals surface area contributed by atoms with Gasteiger partial charge in [-0.2, -0.15) is 0 Å². The highest BCUT2D eigenvalue weighted by Crippen LogP contribution is 2.17. The first-order valence-corrected chi connectivity index (χ1v) is 5.91. The van der Waals surface area contributed by atoms with Crippen LogP contribution >= 0.6 is 0 Å². The minimum absolute atomic E-state index is 0.0916. The first-order chi connectivity index (χ1) is 8.24. The molecule has 4 heteroatoms. The van der Waals surface area contributed by atoms with Gasteiger partial charge in [-0.1, -0.05) is 6.07 Å². The van der Waals surface area contributed by atoms with E-state index in [1.54, 1.807) is 12.1 Å². The van der Waals surface area contributed by atoms with Gasteiger partial charge in [0.05, 0.1) is 6.10 Å². The standard InChI is InChI=1S/C13H16FNO2/c14-10-3-1-4-11(9-10)15-13(16)7-6-12-5-2-8-17-12/h1,3-4,9,12H,2,5-8H2,(H,15,16). The lowest BCUT2D eigenvalue weighted by atomic mass is 10.1. The molecule has 1 fully saturated rings. The maximum absolute atomic E-state index is 12.9. The topological polar surface area (TPSA) is 38.3 Å². The summed E-state index contributed by atoms with van der Waals surface area (Å²) >= 11 is 0. The van der Waals surface area contributed by atoms with Crippen LogP contribution < -0.4 is 5.32 Å². The summed E-state index contributed by atoms with van der Waals surface area (Å²) in [6.07, 6.45) is 3.49. The normalized spacial score (nSPS) is 19.2. The SMILES string of the molecule is O=C(CCC1CCCO1)Nc1cccc(F)c1. The fourth-order valence-corrected chi connectivity index (χ4v) is 1.95. The molecule has 92 valence electrons. The van der Waals surface area contributed by atoms with Crippen LogP contribution in [0.2, 0.25) is 0 Å². The largest absolute Gasteiger partial charge is 0.378 e. The second-order valence-electron chi connectivity index (χ2n) is 4.23. The van der Waals surface area contributed by atoms with E-state index in [2.05, 4.69) is 5.32 Å². The second-order valence-corrected chi connectivity index (χ2v) is 4.23. The molecule has 3 nitrogen and oxygen atoms in total. The number of benzene rings is 1. The van der Waals surface area contributed by atoms with E-state index in [4.69, 9.17) is 4.74 Å². The Balaban J connectivity index is 1.76. The number of carbonyl (C=O) groups is 1. The number of rotatable bonds is 4. The third kappa shape index (κ3) is 3.82. The number of carbonyl (C=O) groups excluding carboxylic acids is 1. The smallest absolute Gasteiger partial charge is 0.224 e. The molecule has 0 aromatic heterocycles. The van der Waals surface area contributed by atoms with Crippen molar-refractivity contribution in [3.63, 3.8) is 0 Å². The highest BCUT2D eigenvalue weighted by molar-refractivity contribution is 5.90. The molecular formula is C13H16FNO2. The van der Waals surface area contributed by atoms with Crippen LogP contribution in [0.1, 0.15) is 25.7 Å². The average molecular weight is 237 g/mol. The van der Waals surface area contributed by atoms with Crippen LogP contribution in [0.4, 0.5) is 10.1 Å². The summed E-state index contributed by atoms with van der Waals surface area (Å²) in [7, 11) is 0. The number of halogens is 1. The molecule has 0 bridgehead atoms. The summed E-state index contributed by atoms with van der Waals surface area (Å²) in [5.74, 6) is -0.437. The van der Waals surface area contributed by atoms with Gasteiger partial charge in [-0.15, -0.1) is 0 Å². The molecule has 1 saturated heterocycles. The predicted octanol–water partition coefficient (Wildman–Crippen LogP) is 2.72. The van der Waals surface area contributed by atoms with E-state index >= 15 is 0 Å². The molecule has 2 rings (SSSR count). The van der Waals surface area contributed by atoms with Gasteiger partial charge >= 0.3 is 0 Å². The summed E-state index contributed by atoms with van der Waals surface area (Å²) in [4.78, 5) is 11.6. The van der Waals surface area contributed by atoms with Crippen LogP contribution in [0, 0.1) is 5.82 Å². The molecule has 1 atom stereocenters. The van der Waals surface area contributed by atoms with Gasteiger partial charge in [0, 0.05) is 18.7 Å². The quantitative estimate of drug-likeness (QED) is 0.874. The van der Waals surface area contributed by atoms with Crippen LogP contribution in [0.3, 0.4) is 0 Å². The molecule has 1 aromatic carbocycles. The van der Waals surface area contributed by atoms with Crippen molar-refractivity contribution in [3.05, 3.63) is 30.1 Å². The number of nitrogens with one attached hydrogen (secondary N) is 1. The molecule has 0 spiro atoms. The van der Waals surface area contributed by atoms with E-state index < -0.39 is 0 Å². The summed E-state index contributed by atoms with van der Waals surface area (Å²) in [5, 5.41) is 2.67. The number of anilines is 1. The summed E-state index contributed by atoms with van der Waals surface area (Å²) in [6.45, 7) is 0.802. The molecule has 1 heterocycles. The van der Waals surface area contributed by atoms with E-state index in [9.17, 15) is 9.18 Å². The van der Waals surface area contributed by atoms with Gasteiger partial charge in [0.2, 0.25) is 5.91 Å². The monoisotopic (exact) mass is 237 g/mol. The molecule has 17 heavy (non-hydrogen) atoms. The van der Waals surface area contributed by atoms with Crippen molar-refractivity contribution in [2.45, 2.75) is 31.8 Å². The lowest BCUT2D eigenvalue weighted by molar-refractivity contribution is -0.116. The third-order valence-corrected chi connectivity index (χ3v) is 2.83. The molecular weight excluding hydrogens is 221 g/mol. The third-order valence-electron chi connectivity index (χ3n) is 2.83. The zero-order valence-corrected chi connectivity index (χ0v) is 9.62. The summed E-state index contributed by atoms with van der Waals surface area (Å²) in [5.41, 5.74) is 0.502. The minimum atomic E-state index is -0.345.